The minimum Gasteiger partial charge on any atom is -0.362 e. The van der Waals surface area contributed by atoms with E-state index < -0.39 is 0 Å². The van der Waals surface area contributed by atoms with Crippen LogP contribution in [0.1, 0.15) is 19.8 Å². The van der Waals surface area contributed by atoms with Gasteiger partial charge >= 0.3 is 0 Å². The van der Waals surface area contributed by atoms with E-state index in [4.69, 9.17) is 4.74 Å². The quantitative estimate of drug-likeness (QED) is 0.493. The van der Waals surface area contributed by atoms with E-state index >= 15 is 0 Å². The summed E-state index contributed by atoms with van der Waals surface area (Å²) in [5.74, 6) is 0. The molecule has 0 aromatic heterocycles. The Morgan fingerprint density at radius 2 is 2.62 bits per heavy atom. The number of nitrogens with zero attached hydrogens (tertiary/aromatic N) is 1. The zero-order chi connectivity index (χ0) is 5.82. The maximum Gasteiger partial charge on any atom is 0.112 e. The molecule has 0 aromatic carbocycles. The minimum absolute atomic E-state index is 0.493. The second-order valence-electron chi connectivity index (χ2n) is 2.06. The molecule has 1 saturated heterocycles. The zero-order valence-corrected chi connectivity index (χ0v) is 5.26. The Bertz CT molecular complexity index is 59.5. The first-order valence-corrected chi connectivity index (χ1v) is 3.18. The lowest BCUT2D eigenvalue weighted by atomic mass is 10.2. The smallest absolute Gasteiger partial charge is 0.112 e. The van der Waals surface area contributed by atoms with Gasteiger partial charge in [0.25, 0.3) is 0 Å². The predicted octanol–water partition coefficient (Wildman–Crippen LogP) is 0.747. The van der Waals surface area contributed by atoms with Gasteiger partial charge in [0.05, 0.1) is 6.10 Å². The highest BCUT2D eigenvalue weighted by molar-refractivity contribution is 4.60. The molecule has 47 valence electrons. The fourth-order valence-corrected chi connectivity index (χ4v) is 0.863. The Morgan fingerprint density at radius 3 is 3.00 bits per heavy atom. The minimum atomic E-state index is 0.493. The third-order valence-electron chi connectivity index (χ3n) is 1.47. The Hall–Kier alpha value is -0.0800. The van der Waals surface area contributed by atoms with Crippen molar-refractivity contribution in [2.24, 2.45) is 0 Å². The molecule has 0 saturated carbocycles. The van der Waals surface area contributed by atoms with Crippen molar-refractivity contribution in [2.45, 2.75) is 25.9 Å². The molecule has 2 nitrogen and oxygen atoms in total. The number of hydrogen-bond donors (Lipinski definition) is 0. The lowest BCUT2D eigenvalue weighted by Gasteiger charge is -2.20. The molecule has 8 heavy (non-hydrogen) atoms. The van der Waals surface area contributed by atoms with E-state index in [0.29, 0.717) is 12.8 Å². The summed E-state index contributed by atoms with van der Waals surface area (Å²) >= 11 is 0. The highest BCUT2D eigenvalue weighted by Gasteiger charge is 2.10. The average Bonchev–Trinajstić information content (AvgIpc) is 1.90. The Morgan fingerprint density at radius 1 is 1.75 bits per heavy atom. The summed E-state index contributed by atoms with van der Waals surface area (Å²) in [6, 6.07) is 0. The van der Waals surface area contributed by atoms with Gasteiger partial charge in [0.1, 0.15) is 6.73 Å². The second kappa shape index (κ2) is 3.05. The molecule has 0 amide bonds. The van der Waals surface area contributed by atoms with Gasteiger partial charge in [-0.2, -0.15) is 0 Å². The van der Waals surface area contributed by atoms with Crippen LogP contribution in [0.5, 0.6) is 0 Å². The molecule has 0 aliphatic carbocycles. The van der Waals surface area contributed by atoms with E-state index in [1.54, 1.807) is 0 Å². The van der Waals surface area contributed by atoms with Crippen molar-refractivity contribution in [3.63, 3.8) is 0 Å². The van der Waals surface area contributed by atoms with Gasteiger partial charge in [-0.05, 0) is 12.8 Å². The third-order valence-corrected chi connectivity index (χ3v) is 1.47. The van der Waals surface area contributed by atoms with Crippen LogP contribution in [0, 0.1) is 0 Å². The van der Waals surface area contributed by atoms with Crippen LogP contribution < -0.4 is 5.32 Å². The van der Waals surface area contributed by atoms with Crippen LogP contribution in [0.4, 0.5) is 0 Å². The van der Waals surface area contributed by atoms with Crippen molar-refractivity contribution >= 4 is 0 Å². The molecule has 0 aromatic rings. The molecular weight excluding hydrogens is 102 g/mol. The normalized spacial score (nSPS) is 30.4. The van der Waals surface area contributed by atoms with E-state index in [9.17, 15) is 0 Å². The maximum absolute atomic E-state index is 5.26. The molecular formula is C6H12NO. The van der Waals surface area contributed by atoms with E-state index in [-0.39, 0.29) is 0 Å². The van der Waals surface area contributed by atoms with Gasteiger partial charge in [-0.25, -0.2) is 5.32 Å². The molecule has 1 aliphatic heterocycles. The molecule has 1 heterocycles. The Kier molecular flexibility index (Phi) is 2.30. The number of hydrogen-bond acceptors (Lipinski definition) is 1. The highest BCUT2D eigenvalue weighted by Crippen LogP contribution is 2.05. The predicted molar refractivity (Wildman–Crippen MR) is 31.6 cm³/mol. The summed E-state index contributed by atoms with van der Waals surface area (Å²) in [6.45, 7) is 3.77. The van der Waals surface area contributed by atoms with Crippen LogP contribution in [-0.2, 0) is 4.74 Å². The van der Waals surface area contributed by atoms with E-state index in [1.807, 2.05) is 0 Å². The van der Waals surface area contributed by atoms with Gasteiger partial charge in [-0.15, -0.1) is 0 Å². The molecule has 0 N–H and O–H groups in total. The van der Waals surface area contributed by atoms with Gasteiger partial charge in [-0.1, -0.05) is 6.92 Å². The van der Waals surface area contributed by atoms with Crippen molar-refractivity contribution in [1.82, 2.24) is 5.32 Å². The number of ether oxygens (including phenoxy) is 1. The Labute approximate surface area is 50.2 Å². The SMILES string of the molecule is CCC1CC[N]CO1. The van der Waals surface area contributed by atoms with Crippen LogP contribution in [0.3, 0.4) is 0 Å². The summed E-state index contributed by atoms with van der Waals surface area (Å²) in [5, 5.41) is 4.05. The van der Waals surface area contributed by atoms with Crippen molar-refractivity contribution < 1.29 is 4.74 Å². The first-order valence-electron chi connectivity index (χ1n) is 3.18. The van der Waals surface area contributed by atoms with Gasteiger partial charge < -0.3 is 4.74 Å². The third kappa shape index (κ3) is 1.46. The molecule has 2 heteroatoms. The summed E-state index contributed by atoms with van der Waals surface area (Å²) in [7, 11) is 0. The molecule has 1 atom stereocenters. The molecule has 1 radical (unpaired) electrons. The maximum atomic E-state index is 5.26. The van der Waals surface area contributed by atoms with Crippen LogP contribution in [0.15, 0.2) is 0 Å². The molecule has 1 rings (SSSR count). The van der Waals surface area contributed by atoms with Crippen LogP contribution in [-0.4, -0.2) is 19.4 Å². The highest BCUT2D eigenvalue weighted by atomic mass is 16.5. The first kappa shape index (κ1) is 6.05. The summed E-state index contributed by atoms with van der Waals surface area (Å²) in [6.07, 6.45) is 2.75. The molecule has 1 unspecified atom stereocenters. The first-order chi connectivity index (χ1) is 3.93. The molecule has 0 bridgehead atoms. The lowest BCUT2D eigenvalue weighted by Crippen LogP contribution is -2.28. The van der Waals surface area contributed by atoms with E-state index in [0.717, 1.165) is 19.4 Å². The number of rotatable bonds is 1. The van der Waals surface area contributed by atoms with Crippen molar-refractivity contribution in [2.75, 3.05) is 13.3 Å². The molecule has 1 aliphatic rings. The van der Waals surface area contributed by atoms with Crippen LogP contribution in [0.2, 0.25) is 0 Å². The fraction of sp³-hybridized carbons (Fsp3) is 1.00. The van der Waals surface area contributed by atoms with Gasteiger partial charge in [0, 0.05) is 6.54 Å². The monoisotopic (exact) mass is 114 g/mol. The van der Waals surface area contributed by atoms with Gasteiger partial charge in [0.15, 0.2) is 0 Å². The standard InChI is InChI=1S/C6H12NO/c1-2-6-3-4-7-5-8-6/h6H,2-5H2,1H3. The zero-order valence-electron chi connectivity index (χ0n) is 5.26. The lowest BCUT2D eigenvalue weighted by molar-refractivity contribution is 0.00335. The largest absolute Gasteiger partial charge is 0.362 e. The van der Waals surface area contributed by atoms with Crippen molar-refractivity contribution in [1.29, 1.82) is 0 Å². The summed E-state index contributed by atoms with van der Waals surface area (Å²) in [4.78, 5) is 0. The Balaban J connectivity index is 2.13. The van der Waals surface area contributed by atoms with E-state index in [1.165, 1.54) is 0 Å². The van der Waals surface area contributed by atoms with Crippen LogP contribution >= 0.6 is 0 Å². The van der Waals surface area contributed by atoms with E-state index in [2.05, 4.69) is 12.2 Å². The second-order valence-corrected chi connectivity index (χ2v) is 2.06. The van der Waals surface area contributed by atoms with Crippen molar-refractivity contribution in [3.8, 4) is 0 Å². The van der Waals surface area contributed by atoms with Gasteiger partial charge in [-0.3, -0.25) is 0 Å². The molecule has 1 fully saturated rings. The van der Waals surface area contributed by atoms with Crippen LogP contribution in [0.25, 0.3) is 0 Å². The summed E-state index contributed by atoms with van der Waals surface area (Å²) in [5.41, 5.74) is 0. The summed E-state index contributed by atoms with van der Waals surface area (Å²) < 4.78 is 5.26. The van der Waals surface area contributed by atoms with Crippen molar-refractivity contribution in [3.05, 3.63) is 0 Å². The van der Waals surface area contributed by atoms with Gasteiger partial charge in [0.2, 0.25) is 0 Å². The average molecular weight is 114 g/mol. The fourth-order valence-electron chi connectivity index (χ4n) is 0.863. The topological polar surface area (TPSA) is 23.3 Å². The molecule has 0 spiro atoms.